The van der Waals surface area contributed by atoms with Crippen molar-refractivity contribution < 1.29 is 4.74 Å². The van der Waals surface area contributed by atoms with E-state index in [0.717, 1.165) is 62.1 Å². The summed E-state index contributed by atoms with van der Waals surface area (Å²) in [6.45, 7) is 12.1. The maximum absolute atomic E-state index is 6.59. The zero-order chi connectivity index (χ0) is 31.3. The first-order valence-corrected chi connectivity index (χ1v) is 17.8. The van der Waals surface area contributed by atoms with Gasteiger partial charge in [-0.3, -0.25) is 4.90 Å². The molecule has 2 fully saturated rings. The Kier molecular flexibility index (Phi) is 10.8. The van der Waals surface area contributed by atoms with Gasteiger partial charge in [-0.25, -0.2) is 4.98 Å². The second kappa shape index (κ2) is 15.0. The maximum Gasteiger partial charge on any atom is 0.186 e. The van der Waals surface area contributed by atoms with Crippen molar-refractivity contribution in [1.29, 1.82) is 0 Å². The Morgan fingerprint density at radius 1 is 0.933 bits per heavy atom. The summed E-state index contributed by atoms with van der Waals surface area (Å²) in [6, 6.07) is 23.9. The van der Waals surface area contributed by atoms with Gasteiger partial charge < -0.3 is 14.5 Å². The van der Waals surface area contributed by atoms with Crippen molar-refractivity contribution in [3.05, 3.63) is 104 Å². The Morgan fingerprint density at radius 3 is 2.38 bits per heavy atom. The first-order valence-electron chi connectivity index (χ1n) is 16.2. The fraction of sp³-hybridized carbons (Fsp3) is 0.432. The molecule has 0 bridgehead atoms. The number of benzene rings is 3. The van der Waals surface area contributed by atoms with Crippen molar-refractivity contribution in [2.45, 2.75) is 58.9 Å². The molecule has 0 radical (unpaired) electrons. The van der Waals surface area contributed by atoms with Crippen molar-refractivity contribution in [2.75, 3.05) is 44.7 Å². The number of likely N-dealkylation sites (N-methyl/N-ethyl adjacent to an activating group) is 1. The first-order chi connectivity index (χ1) is 21.9. The second-order valence-corrected chi connectivity index (χ2v) is 14.7. The molecule has 1 unspecified atom stereocenters. The van der Waals surface area contributed by atoms with Gasteiger partial charge in [0.25, 0.3) is 0 Å². The average molecular weight is 664 g/mol. The van der Waals surface area contributed by atoms with Gasteiger partial charge in [0.2, 0.25) is 0 Å². The quantitative estimate of drug-likeness (QED) is 0.142. The molecule has 0 amide bonds. The number of ether oxygens (including phenoxy) is 1. The van der Waals surface area contributed by atoms with E-state index in [2.05, 4.69) is 84.1 Å². The van der Waals surface area contributed by atoms with Crippen LogP contribution in [0.3, 0.4) is 0 Å². The van der Waals surface area contributed by atoms with Crippen LogP contribution in [0.1, 0.15) is 59.4 Å². The highest BCUT2D eigenvalue weighted by atomic mass is 35.5. The van der Waals surface area contributed by atoms with Gasteiger partial charge in [-0.05, 0) is 79.6 Å². The van der Waals surface area contributed by atoms with Crippen LogP contribution in [0.4, 0.5) is 5.13 Å². The van der Waals surface area contributed by atoms with E-state index in [1.165, 1.54) is 40.0 Å². The van der Waals surface area contributed by atoms with Crippen LogP contribution in [-0.4, -0.2) is 54.6 Å². The minimum Gasteiger partial charge on any atom is -0.372 e. The lowest BCUT2D eigenvalue weighted by Crippen LogP contribution is -2.43. The largest absolute Gasteiger partial charge is 0.372 e. The minimum absolute atomic E-state index is 0.307. The molecule has 238 valence electrons. The number of aryl methyl sites for hydroxylation is 1. The van der Waals surface area contributed by atoms with Crippen LogP contribution in [0, 0.1) is 12.8 Å². The van der Waals surface area contributed by atoms with E-state index < -0.39 is 0 Å². The van der Waals surface area contributed by atoms with Crippen LogP contribution >= 0.6 is 34.5 Å². The highest BCUT2D eigenvalue weighted by molar-refractivity contribution is 7.16. The number of anilines is 1. The third kappa shape index (κ3) is 8.29. The van der Waals surface area contributed by atoms with E-state index in [4.69, 9.17) is 32.9 Å². The second-order valence-electron chi connectivity index (χ2n) is 12.6. The van der Waals surface area contributed by atoms with Gasteiger partial charge in [-0.15, -0.1) is 11.3 Å². The number of thiazole rings is 1. The van der Waals surface area contributed by atoms with Crippen molar-refractivity contribution in [2.24, 2.45) is 5.92 Å². The lowest BCUT2D eigenvalue weighted by molar-refractivity contribution is 0.107. The standard InChI is InChI=1S/C37H44Cl2N4OS/c1-4-16-43(37-40-35(26(2)45-37)33-15-14-32(38)22-34(33)39)36(31-12-13-31)30-10-8-27(9-11-30)24-44-25-29-7-5-6-28(21-29)23-42-19-17-41(3)18-20-42/h5-11,14-15,21-22,31,36H,4,12-13,16-20,23-25H2,1-3H3. The normalized spacial score (nSPS) is 16.6. The van der Waals surface area contributed by atoms with E-state index in [1.807, 2.05) is 12.1 Å². The number of halogens is 2. The molecule has 1 saturated carbocycles. The van der Waals surface area contributed by atoms with Gasteiger partial charge in [-0.2, -0.15) is 0 Å². The van der Waals surface area contributed by atoms with Crippen molar-refractivity contribution in [3.63, 3.8) is 0 Å². The summed E-state index contributed by atoms with van der Waals surface area (Å²) in [7, 11) is 2.20. The highest BCUT2D eigenvalue weighted by Crippen LogP contribution is 2.48. The molecule has 45 heavy (non-hydrogen) atoms. The van der Waals surface area contributed by atoms with Crippen LogP contribution in [0.2, 0.25) is 10.0 Å². The summed E-state index contributed by atoms with van der Waals surface area (Å²) >= 11 is 14.5. The summed E-state index contributed by atoms with van der Waals surface area (Å²) in [5.41, 5.74) is 7.04. The Morgan fingerprint density at radius 2 is 1.67 bits per heavy atom. The molecule has 6 rings (SSSR count). The summed E-state index contributed by atoms with van der Waals surface area (Å²) < 4.78 is 6.20. The van der Waals surface area contributed by atoms with E-state index in [0.29, 0.717) is 35.2 Å². The van der Waals surface area contributed by atoms with E-state index >= 15 is 0 Å². The van der Waals surface area contributed by atoms with E-state index in [-0.39, 0.29) is 0 Å². The fourth-order valence-corrected chi connectivity index (χ4v) is 7.81. The number of nitrogens with zero attached hydrogens (tertiary/aromatic N) is 4. The highest BCUT2D eigenvalue weighted by Gasteiger charge is 2.37. The third-order valence-corrected chi connectivity index (χ3v) is 10.5. The van der Waals surface area contributed by atoms with Gasteiger partial charge in [0, 0.05) is 54.7 Å². The Balaban J connectivity index is 1.11. The SMILES string of the molecule is CCCN(c1nc(-c2ccc(Cl)cc2Cl)c(C)s1)C(c1ccc(COCc2cccc(CN3CCN(C)CC3)c2)cc1)C1CC1. The zero-order valence-corrected chi connectivity index (χ0v) is 29.0. The molecular weight excluding hydrogens is 619 g/mol. The van der Waals surface area contributed by atoms with Gasteiger partial charge in [0.1, 0.15) is 0 Å². The number of piperazine rings is 1. The molecule has 0 N–H and O–H groups in total. The third-order valence-electron chi connectivity index (χ3n) is 8.94. The molecule has 3 aromatic carbocycles. The summed E-state index contributed by atoms with van der Waals surface area (Å²) in [5.74, 6) is 0.642. The molecule has 1 saturated heterocycles. The predicted molar refractivity (Wildman–Crippen MR) is 190 cm³/mol. The summed E-state index contributed by atoms with van der Waals surface area (Å²) in [5, 5.41) is 2.34. The van der Waals surface area contributed by atoms with Crippen LogP contribution in [0.15, 0.2) is 66.7 Å². The van der Waals surface area contributed by atoms with Crippen molar-refractivity contribution in [1.82, 2.24) is 14.8 Å². The number of hydrogen-bond acceptors (Lipinski definition) is 6. The molecule has 2 heterocycles. The van der Waals surface area contributed by atoms with Crippen LogP contribution < -0.4 is 4.90 Å². The van der Waals surface area contributed by atoms with Crippen molar-refractivity contribution in [3.8, 4) is 11.3 Å². The topological polar surface area (TPSA) is 31.8 Å². The molecule has 1 aliphatic heterocycles. The molecule has 4 aromatic rings. The molecular formula is C37H44Cl2N4OS. The Bertz CT molecular complexity index is 1560. The molecule has 1 aromatic heterocycles. The van der Waals surface area contributed by atoms with Crippen molar-refractivity contribution >= 4 is 39.7 Å². The molecule has 2 aliphatic rings. The molecule has 0 spiro atoms. The lowest BCUT2D eigenvalue weighted by atomic mass is 9.99. The van der Waals surface area contributed by atoms with E-state index in [1.54, 1.807) is 17.4 Å². The number of aromatic nitrogens is 1. The van der Waals surface area contributed by atoms with Crippen LogP contribution in [0.5, 0.6) is 0 Å². The van der Waals surface area contributed by atoms with Gasteiger partial charge >= 0.3 is 0 Å². The van der Waals surface area contributed by atoms with Gasteiger partial charge in [0.15, 0.2) is 5.13 Å². The lowest BCUT2D eigenvalue weighted by Gasteiger charge is -2.32. The zero-order valence-electron chi connectivity index (χ0n) is 26.6. The number of hydrogen-bond donors (Lipinski definition) is 0. The van der Waals surface area contributed by atoms with Gasteiger partial charge in [0.05, 0.1) is 30.0 Å². The molecule has 1 atom stereocenters. The average Bonchev–Trinajstić information content (AvgIpc) is 3.80. The van der Waals surface area contributed by atoms with Crippen LogP contribution in [0.25, 0.3) is 11.3 Å². The maximum atomic E-state index is 6.59. The first kappa shape index (κ1) is 32.5. The summed E-state index contributed by atoms with van der Waals surface area (Å²) in [4.78, 5) is 13.8. The van der Waals surface area contributed by atoms with E-state index in [9.17, 15) is 0 Å². The predicted octanol–water partition coefficient (Wildman–Crippen LogP) is 9.26. The smallest absolute Gasteiger partial charge is 0.186 e. The summed E-state index contributed by atoms with van der Waals surface area (Å²) in [6.07, 6.45) is 3.56. The van der Waals surface area contributed by atoms with Gasteiger partial charge in [-0.1, -0.05) is 78.7 Å². The Labute approximate surface area is 282 Å². The monoisotopic (exact) mass is 662 g/mol. The Hall–Kier alpha value is -2.45. The van der Waals surface area contributed by atoms with Crippen LogP contribution in [-0.2, 0) is 24.5 Å². The fourth-order valence-electron chi connectivity index (χ4n) is 6.33. The molecule has 8 heteroatoms. The minimum atomic E-state index is 0.307. The number of rotatable bonds is 13. The molecule has 1 aliphatic carbocycles. The molecule has 5 nitrogen and oxygen atoms in total.